The molecule has 96 valence electrons. The summed E-state index contributed by atoms with van der Waals surface area (Å²) >= 11 is 3.43. The Kier molecular flexibility index (Phi) is 3.36. The van der Waals surface area contributed by atoms with E-state index in [0.29, 0.717) is 0 Å². The van der Waals surface area contributed by atoms with Crippen LogP contribution in [0.4, 0.5) is 0 Å². The maximum Gasteiger partial charge on any atom is 0.0958 e. The molecule has 0 spiro atoms. The first-order valence-corrected chi connectivity index (χ1v) is 6.94. The number of aromatic nitrogens is 2. The summed E-state index contributed by atoms with van der Waals surface area (Å²) < 4.78 is 3.17. The van der Waals surface area contributed by atoms with Crippen LogP contribution in [0.3, 0.4) is 0 Å². The summed E-state index contributed by atoms with van der Waals surface area (Å²) in [4.78, 5) is 4.38. The molecule has 0 fully saturated rings. The van der Waals surface area contributed by atoms with E-state index in [4.69, 9.17) is 5.73 Å². The number of halogens is 1. The number of fused-ring (bicyclic) bond motifs is 1. The van der Waals surface area contributed by atoms with Crippen LogP contribution in [-0.2, 0) is 6.54 Å². The molecule has 0 bridgehead atoms. The lowest BCUT2D eigenvalue weighted by Gasteiger charge is -2.13. The Morgan fingerprint density at radius 3 is 2.63 bits per heavy atom. The molecule has 1 heterocycles. The highest BCUT2D eigenvalue weighted by Gasteiger charge is 2.09. The molecule has 2 N–H and O–H groups in total. The fourth-order valence-corrected chi connectivity index (χ4v) is 2.45. The molecular formula is C15H14BrN3. The number of para-hydroxylation sites is 2. The van der Waals surface area contributed by atoms with Gasteiger partial charge in [-0.1, -0.05) is 40.2 Å². The smallest absolute Gasteiger partial charge is 0.0958 e. The summed E-state index contributed by atoms with van der Waals surface area (Å²) in [7, 11) is 0. The van der Waals surface area contributed by atoms with Crippen LogP contribution < -0.4 is 5.73 Å². The molecule has 4 heteroatoms. The molecule has 1 aromatic heterocycles. The third-order valence-electron chi connectivity index (χ3n) is 3.22. The Morgan fingerprint density at radius 1 is 1.11 bits per heavy atom. The lowest BCUT2D eigenvalue weighted by Crippen LogP contribution is -2.17. The first kappa shape index (κ1) is 12.4. The van der Waals surface area contributed by atoms with E-state index in [1.165, 1.54) is 0 Å². The second-order valence-electron chi connectivity index (χ2n) is 4.54. The summed E-state index contributed by atoms with van der Waals surface area (Å²) in [5.74, 6) is 0. The molecule has 0 aliphatic carbocycles. The third-order valence-corrected chi connectivity index (χ3v) is 3.75. The molecule has 19 heavy (non-hydrogen) atoms. The van der Waals surface area contributed by atoms with Gasteiger partial charge in [0, 0.05) is 17.1 Å². The average Bonchev–Trinajstić information content (AvgIpc) is 2.83. The Bertz CT molecular complexity index is 688. The van der Waals surface area contributed by atoms with Crippen molar-refractivity contribution in [2.75, 3.05) is 0 Å². The van der Waals surface area contributed by atoms with Crippen molar-refractivity contribution in [3.05, 3.63) is 64.9 Å². The van der Waals surface area contributed by atoms with E-state index in [0.717, 1.165) is 27.6 Å². The van der Waals surface area contributed by atoms with Crippen LogP contribution in [0.2, 0.25) is 0 Å². The number of rotatable bonds is 3. The summed E-state index contributed by atoms with van der Waals surface area (Å²) in [6.45, 7) is 0.724. The molecule has 0 amide bonds. The molecule has 0 aliphatic rings. The van der Waals surface area contributed by atoms with Crippen LogP contribution in [0.15, 0.2) is 59.3 Å². The third kappa shape index (κ3) is 2.55. The molecule has 3 rings (SSSR count). The minimum absolute atomic E-state index is 0.0364. The van der Waals surface area contributed by atoms with Crippen LogP contribution in [0.5, 0.6) is 0 Å². The molecular weight excluding hydrogens is 302 g/mol. The topological polar surface area (TPSA) is 43.8 Å². The number of hydrogen-bond acceptors (Lipinski definition) is 2. The maximum atomic E-state index is 6.26. The maximum absolute atomic E-state index is 6.26. The van der Waals surface area contributed by atoms with Crippen molar-refractivity contribution in [2.45, 2.75) is 12.6 Å². The zero-order valence-electron chi connectivity index (χ0n) is 10.3. The van der Waals surface area contributed by atoms with Gasteiger partial charge < -0.3 is 10.3 Å². The van der Waals surface area contributed by atoms with Crippen LogP contribution in [0.25, 0.3) is 11.0 Å². The van der Waals surface area contributed by atoms with E-state index in [2.05, 4.69) is 31.5 Å². The second kappa shape index (κ2) is 5.15. The van der Waals surface area contributed by atoms with Gasteiger partial charge in [0.1, 0.15) is 0 Å². The van der Waals surface area contributed by atoms with Gasteiger partial charge in [-0.3, -0.25) is 0 Å². The van der Waals surface area contributed by atoms with E-state index in [1.807, 2.05) is 48.8 Å². The summed E-state index contributed by atoms with van der Waals surface area (Å²) in [5, 5.41) is 0. The molecule has 3 aromatic rings. The van der Waals surface area contributed by atoms with Gasteiger partial charge in [0.15, 0.2) is 0 Å². The van der Waals surface area contributed by atoms with Gasteiger partial charge in [0.25, 0.3) is 0 Å². The highest BCUT2D eigenvalue weighted by molar-refractivity contribution is 9.10. The highest BCUT2D eigenvalue weighted by atomic mass is 79.9. The lowest BCUT2D eigenvalue weighted by molar-refractivity contribution is 0.588. The first-order valence-electron chi connectivity index (χ1n) is 6.15. The van der Waals surface area contributed by atoms with Crippen molar-refractivity contribution in [1.29, 1.82) is 0 Å². The van der Waals surface area contributed by atoms with E-state index in [1.54, 1.807) is 0 Å². The Morgan fingerprint density at radius 2 is 1.84 bits per heavy atom. The molecule has 3 nitrogen and oxygen atoms in total. The second-order valence-corrected chi connectivity index (χ2v) is 5.46. The fourth-order valence-electron chi connectivity index (χ4n) is 2.18. The highest BCUT2D eigenvalue weighted by Crippen LogP contribution is 2.19. The van der Waals surface area contributed by atoms with Crippen LogP contribution in [0, 0.1) is 0 Å². The summed E-state index contributed by atoms with van der Waals surface area (Å²) in [5.41, 5.74) is 9.51. The molecule has 0 saturated heterocycles. The SMILES string of the molecule is NC(Cn1cnc2ccccc21)c1ccc(Br)cc1. The number of nitrogens with zero attached hydrogens (tertiary/aromatic N) is 2. The summed E-state index contributed by atoms with van der Waals surface area (Å²) in [6, 6.07) is 16.2. The van der Waals surface area contributed by atoms with E-state index in [-0.39, 0.29) is 6.04 Å². The Labute approximate surface area is 120 Å². The molecule has 1 unspecified atom stereocenters. The van der Waals surface area contributed by atoms with Crippen molar-refractivity contribution >= 4 is 27.0 Å². The normalized spacial score (nSPS) is 12.7. The van der Waals surface area contributed by atoms with Gasteiger partial charge in [0.2, 0.25) is 0 Å². The fraction of sp³-hybridized carbons (Fsp3) is 0.133. The predicted molar refractivity (Wildman–Crippen MR) is 80.8 cm³/mol. The lowest BCUT2D eigenvalue weighted by atomic mass is 10.1. The summed E-state index contributed by atoms with van der Waals surface area (Å²) in [6.07, 6.45) is 1.85. The van der Waals surface area contributed by atoms with Crippen molar-refractivity contribution < 1.29 is 0 Å². The van der Waals surface area contributed by atoms with Gasteiger partial charge in [-0.15, -0.1) is 0 Å². The quantitative estimate of drug-likeness (QED) is 0.804. The standard InChI is InChI=1S/C15H14BrN3/c16-12-7-5-11(6-8-12)13(17)9-19-10-18-14-3-1-2-4-15(14)19/h1-8,10,13H,9,17H2. The van der Waals surface area contributed by atoms with Crippen molar-refractivity contribution in [3.8, 4) is 0 Å². The van der Waals surface area contributed by atoms with E-state index < -0.39 is 0 Å². The Hall–Kier alpha value is -1.65. The molecule has 2 aromatic carbocycles. The van der Waals surface area contributed by atoms with Crippen LogP contribution in [-0.4, -0.2) is 9.55 Å². The largest absolute Gasteiger partial charge is 0.329 e. The van der Waals surface area contributed by atoms with Gasteiger partial charge in [0.05, 0.1) is 17.4 Å². The number of hydrogen-bond donors (Lipinski definition) is 1. The molecule has 0 radical (unpaired) electrons. The van der Waals surface area contributed by atoms with Gasteiger partial charge in [-0.2, -0.15) is 0 Å². The van der Waals surface area contributed by atoms with E-state index >= 15 is 0 Å². The minimum Gasteiger partial charge on any atom is -0.329 e. The minimum atomic E-state index is -0.0364. The van der Waals surface area contributed by atoms with Gasteiger partial charge in [-0.05, 0) is 29.8 Å². The predicted octanol–water partition coefficient (Wildman–Crippen LogP) is 3.50. The van der Waals surface area contributed by atoms with Crippen LogP contribution >= 0.6 is 15.9 Å². The number of nitrogens with two attached hydrogens (primary N) is 1. The zero-order valence-corrected chi connectivity index (χ0v) is 11.9. The van der Waals surface area contributed by atoms with Crippen molar-refractivity contribution in [2.24, 2.45) is 5.73 Å². The Balaban J connectivity index is 1.86. The van der Waals surface area contributed by atoms with Gasteiger partial charge >= 0.3 is 0 Å². The van der Waals surface area contributed by atoms with Gasteiger partial charge in [-0.25, -0.2) is 4.98 Å². The zero-order chi connectivity index (χ0) is 13.2. The average molecular weight is 316 g/mol. The van der Waals surface area contributed by atoms with Crippen LogP contribution in [0.1, 0.15) is 11.6 Å². The molecule has 1 atom stereocenters. The number of benzene rings is 2. The van der Waals surface area contributed by atoms with Crippen molar-refractivity contribution in [3.63, 3.8) is 0 Å². The van der Waals surface area contributed by atoms with Crippen molar-refractivity contribution in [1.82, 2.24) is 9.55 Å². The molecule has 0 aliphatic heterocycles. The number of imidazole rings is 1. The molecule has 0 saturated carbocycles. The van der Waals surface area contributed by atoms with E-state index in [9.17, 15) is 0 Å². The first-order chi connectivity index (χ1) is 9.24. The monoisotopic (exact) mass is 315 g/mol.